The Balaban J connectivity index is 1.50. The molecule has 0 aliphatic carbocycles. The number of morpholine rings is 1. The van der Waals surface area contributed by atoms with Gasteiger partial charge in [-0.25, -0.2) is 4.79 Å². The van der Waals surface area contributed by atoms with Gasteiger partial charge < -0.3 is 24.3 Å². The zero-order chi connectivity index (χ0) is 22.9. The Kier molecular flexibility index (Phi) is 5.57. The Labute approximate surface area is 189 Å². The Morgan fingerprint density at radius 3 is 2.73 bits per heavy atom. The molecule has 9 nitrogen and oxygen atoms in total. The number of aromatic nitrogens is 3. The van der Waals surface area contributed by atoms with E-state index in [1.807, 2.05) is 43.3 Å². The molecule has 1 aliphatic heterocycles. The van der Waals surface area contributed by atoms with Crippen LogP contribution in [0.25, 0.3) is 21.9 Å². The standard InChI is InChI=1S/C24H25N5O4/c1-15-3-5-19-18(11-15)21-22(26-19)23(30)29(24(31)27-21)25-13-16-4-6-20(32-2)17(12-16)14-28-7-9-33-10-8-28/h3-6,11-13,26H,7-10,14H2,1-2H3,(H,27,31)/p+1/b25-13-. The highest BCUT2D eigenvalue weighted by molar-refractivity contribution is 6.04. The number of aromatic amines is 2. The molecule has 1 aliphatic rings. The second kappa shape index (κ2) is 8.68. The monoisotopic (exact) mass is 448 g/mol. The van der Waals surface area contributed by atoms with Crippen molar-refractivity contribution in [2.75, 3.05) is 33.4 Å². The fourth-order valence-electron chi connectivity index (χ4n) is 4.31. The van der Waals surface area contributed by atoms with Crippen molar-refractivity contribution < 1.29 is 14.4 Å². The molecule has 1 fully saturated rings. The smallest absolute Gasteiger partial charge is 0.350 e. The molecule has 0 spiro atoms. The summed E-state index contributed by atoms with van der Waals surface area (Å²) in [5.74, 6) is 0.802. The van der Waals surface area contributed by atoms with Gasteiger partial charge in [-0.2, -0.15) is 5.10 Å². The molecule has 3 heterocycles. The van der Waals surface area contributed by atoms with E-state index in [1.165, 1.54) is 11.1 Å². The van der Waals surface area contributed by atoms with E-state index < -0.39 is 11.2 Å². The maximum atomic E-state index is 13.0. The Morgan fingerprint density at radius 1 is 1.12 bits per heavy atom. The average molecular weight is 449 g/mol. The van der Waals surface area contributed by atoms with Crippen molar-refractivity contribution in [1.29, 1.82) is 0 Å². The second-order valence-corrected chi connectivity index (χ2v) is 8.33. The summed E-state index contributed by atoms with van der Waals surface area (Å²) in [7, 11) is 1.65. The van der Waals surface area contributed by atoms with E-state index in [0.717, 1.165) is 70.9 Å². The number of fused-ring (bicyclic) bond motifs is 3. The zero-order valence-electron chi connectivity index (χ0n) is 18.6. The van der Waals surface area contributed by atoms with Gasteiger partial charge in [-0.3, -0.25) is 4.79 Å². The fraction of sp³-hybridized carbons (Fsp3) is 0.292. The zero-order valence-corrected chi connectivity index (χ0v) is 18.6. The minimum Gasteiger partial charge on any atom is -0.496 e. The number of nitrogens with one attached hydrogen (secondary N) is 3. The van der Waals surface area contributed by atoms with Crippen molar-refractivity contribution in [2.24, 2.45) is 5.10 Å². The molecular weight excluding hydrogens is 422 g/mol. The number of hydrogen-bond donors (Lipinski definition) is 3. The predicted octanol–water partition coefficient (Wildman–Crippen LogP) is 0.785. The lowest BCUT2D eigenvalue weighted by atomic mass is 10.1. The molecule has 9 heteroatoms. The van der Waals surface area contributed by atoms with E-state index in [0.29, 0.717) is 11.0 Å². The van der Waals surface area contributed by atoms with Crippen molar-refractivity contribution in [2.45, 2.75) is 13.5 Å². The van der Waals surface area contributed by atoms with Crippen LogP contribution in [0.1, 0.15) is 16.7 Å². The Bertz CT molecular complexity index is 1470. The van der Waals surface area contributed by atoms with Gasteiger partial charge in [0, 0.05) is 16.5 Å². The van der Waals surface area contributed by atoms with Crippen LogP contribution in [0.15, 0.2) is 51.1 Å². The van der Waals surface area contributed by atoms with E-state index >= 15 is 0 Å². The first-order valence-electron chi connectivity index (χ1n) is 10.9. The molecule has 0 saturated carbocycles. The lowest BCUT2D eigenvalue weighted by Gasteiger charge is -2.24. The van der Waals surface area contributed by atoms with Gasteiger partial charge in [0.2, 0.25) is 0 Å². The molecule has 3 N–H and O–H groups in total. The third-order valence-corrected chi connectivity index (χ3v) is 6.05. The average Bonchev–Trinajstić information content (AvgIpc) is 3.17. The topological polar surface area (TPSA) is 106 Å². The van der Waals surface area contributed by atoms with Crippen LogP contribution in [0.3, 0.4) is 0 Å². The Morgan fingerprint density at radius 2 is 1.94 bits per heavy atom. The van der Waals surface area contributed by atoms with Crippen LogP contribution in [0, 0.1) is 6.92 Å². The van der Waals surface area contributed by atoms with Gasteiger partial charge in [0.1, 0.15) is 30.9 Å². The molecule has 4 aromatic rings. The van der Waals surface area contributed by atoms with Crippen molar-refractivity contribution in [1.82, 2.24) is 14.6 Å². The lowest BCUT2D eigenvalue weighted by Crippen LogP contribution is -3.12. The van der Waals surface area contributed by atoms with Crippen molar-refractivity contribution in [3.8, 4) is 5.75 Å². The predicted molar refractivity (Wildman–Crippen MR) is 127 cm³/mol. The molecule has 2 aromatic heterocycles. The molecule has 0 atom stereocenters. The number of benzene rings is 2. The van der Waals surface area contributed by atoms with E-state index in [4.69, 9.17) is 9.47 Å². The van der Waals surface area contributed by atoms with E-state index in [-0.39, 0.29) is 0 Å². The first kappa shape index (κ1) is 21.2. The summed E-state index contributed by atoms with van der Waals surface area (Å²) in [4.78, 5) is 33.0. The summed E-state index contributed by atoms with van der Waals surface area (Å²) >= 11 is 0. The molecule has 1 saturated heterocycles. The first-order valence-corrected chi connectivity index (χ1v) is 10.9. The third kappa shape index (κ3) is 4.08. The minimum atomic E-state index is -0.586. The molecule has 5 rings (SSSR count). The quantitative estimate of drug-likeness (QED) is 0.393. The van der Waals surface area contributed by atoms with E-state index in [2.05, 4.69) is 15.1 Å². The molecule has 33 heavy (non-hydrogen) atoms. The summed E-state index contributed by atoms with van der Waals surface area (Å²) in [6.45, 7) is 6.15. The van der Waals surface area contributed by atoms with Crippen molar-refractivity contribution in [3.63, 3.8) is 0 Å². The van der Waals surface area contributed by atoms with Gasteiger partial charge in [0.05, 0.1) is 32.1 Å². The van der Waals surface area contributed by atoms with Crippen LogP contribution in [0.4, 0.5) is 0 Å². The molecule has 0 amide bonds. The van der Waals surface area contributed by atoms with Crippen LogP contribution in [-0.2, 0) is 11.3 Å². The number of H-pyrrole nitrogens is 2. The molecular formula is C24H26N5O4+. The van der Waals surface area contributed by atoms with Crippen LogP contribution in [0.5, 0.6) is 5.75 Å². The van der Waals surface area contributed by atoms with Crippen LogP contribution >= 0.6 is 0 Å². The Hall–Kier alpha value is -3.69. The maximum Gasteiger partial charge on any atom is 0.350 e. The first-order chi connectivity index (χ1) is 16.0. The highest BCUT2D eigenvalue weighted by Crippen LogP contribution is 2.22. The van der Waals surface area contributed by atoms with Crippen molar-refractivity contribution >= 4 is 28.2 Å². The molecule has 0 bridgehead atoms. The molecule has 0 unspecified atom stereocenters. The number of nitrogens with zero attached hydrogens (tertiary/aromatic N) is 2. The van der Waals surface area contributed by atoms with Crippen molar-refractivity contribution in [3.05, 3.63) is 73.9 Å². The third-order valence-electron chi connectivity index (χ3n) is 6.05. The summed E-state index contributed by atoms with van der Waals surface area (Å²) in [6, 6.07) is 11.5. The van der Waals surface area contributed by atoms with E-state index in [1.54, 1.807) is 7.11 Å². The summed E-state index contributed by atoms with van der Waals surface area (Å²) < 4.78 is 11.8. The van der Waals surface area contributed by atoms with Crippen LogP contribution in [0.2, 0.25) is 0 Å². The molecule has 0 radical (unpaired) electrons. The second-order valence-electron chi connectivity index (χ2n) is 8.33. The number of hydrogen-bond acceptors (Lipinski definition) is 5. The number of rotatable bonds is 5. The summed E-state index contributed by atoms with van der Waals surface area (Å²) in [6.07, 6.45) is 1.52. The minimum absolute atomic E-state index is 0.318. The number of ether oxygens (including phenoxy) is 2. The molecule has 2 aromatic carbocycles. The summed E-state index contributed by atoms with van der Waals surface area (Å²) in [5, 5.41) is 5.01. The highest BCUT2D eigenvalue weighted by atomic mass is 16.5. The highest BCUT2D eigenvalue weighted by Gasteiger charge is 2.17. The van der Waals surface area contributed by atoms with Gasteiger partial charge in [-0.05, 0) is 42.8 Å². The number of methoxy groups -OCH3 is 1. The van der Waals surface area contributed by atoms with Crippen LogP contribution < -0.4 is 20.9 Å². The van der Waals surface area contributed by atoms with E-state index in [9.17, 15) is 9.59 Å². The number of quaternary nitrogens is 1. The summed E-state index contributed by atoms with van der Waals surface area (Å²) in [5.41, 5.74) is 3.38. The molecule has 170 valence electrons. The van der Waals surface area contributed by atoms with Gasteiger partial charge in [0.25, 0.3) is 0 Å². The van der Waals surface area contributed by atoms with Gasteiger partial charge >= 0.3 is 11.2 Å². The fourth-order valence-corrected chi connectivity index (χ4v) is 4.31. The van der Waals surface area contributed by atoms with Gasteiger partial charge in [0.15, 0.2) is 0 Å². The lowest BCUT2D eigenvalue weighted by molar-refractivity contribution is -0.921. The normalized spacial score (nSPS) is 15.1. The SMILES string of the molecule is COc1ccc(/C=N\n2c(=O)[nH]c3c([nH]c4ccc(C)cc43)c2=O)cc1C[NH+]1CCOCC1. The van der Waals surface area contributed by atoms with Gasteiger partial charge in [-0.1, -0.05) is 11.6 Å². The maximum absolute atomic E-state index is 13.0. The largest absolute Gasteiger partial charge is 0.496 e. The number of aryl methyl sites for hydroxylation is 1. The van der Waals surface area contributed by atoms with Gasteiger partial charge in [-0.15, -0.1) is 4.68 Å². The van der Waals surface area contributed by atoms with Crippen LogP contribution in [-0.4, -0.2) is 54.3 Å².